The van der Waals surface area contributed by atoms with Crippen LogP contribution >= 0.6 is 0 Å². The Bertz CT molecular complexity index is 448. The quantitative estimate of drug-likeness (QED) is 0.584. The lowest BCUT2D eigenvalue weighted by Crippen LogP contribution is -2.06. The number of benzene rings is 1. The van der Waals surface area contributed by atoms with Gasteiger partial charge in [-0.1, -0.05) is 11.6 Å². The van der Waals surface area contributed by atoms with Crippen LogP contribution in [0.3, 0.4) is 0 Å². The van der Waals surface area contributed by atoms with Crippen LogP contribution in [0.4, 0.5) is 0 Å². The normalized spacial score (nSPS) is 15.5. The number of aryl methyl sites for hydroxylation is 2. The summed E-state index contributed by atoms with van der Waals surface area (Å²) in [6.07, 6.45) is 2.46. The van der Waals surface area contributed by atoms with E-state index in [1.165, 1.54) is 40.7 Å². The summed E-state index contributed by atoms with van der Waals surface area (Å²) < 4.78 is 0. The van der Waals surface area contributed by atoms with Gasteiger partial charge < -0.3 is 0 Å². The minimum Gasteiger partial charge on any atom is -0.0695 e. The fraction of sp³-hybridized carbons (Fsp3) is 0.467. The van der Waals surface area contributed by atoms with Gasteiger partial charge in [-0.05, 0) is 80.9 Å². The predicted octanol–water partition coefficient (Wildman–Crippen LogP) is 4.35. The van der Waals surface area contributed by atoms with Gasteiger partial charge >= 0.3 is 0 Å². The highest BCUT2D eigenvalue weighted by Crippen LogP contribution is 2.35. The van der Waals surface area contributed by atoms with E-state index in [9.17, 15) is 0 Å². The zero-order valence-electron chi connectivity index (χ0n) is 10.5. The van der Waals surface area contributed by atoms with Gasteiger partial charge in [0.25, 0.3) is 0 Å². The van der Waals surface area contributed by atoms with Crippen LogP contribution in [0.2, 0.25) is 0 Å². The van der Waals surface area contributed by atoms with Gasteiger partial charge in [0.2, 0.25) is 0 Å². The molecule has 0 amide bonds. The highest BCUT2D eigenvalue weighted by molar-refractivity contribution is 5.75. The maximum atomic E-state index is 2.38. The summed E-state index contributed by atoms with van der Waals surface area (Å²) in [5, 5.41) is 0. The molecule has 0 heteroatoms. The van der Waals surface area contributed by atoms with E-state index < -0.39 is 0 Å². The van der Waals surface area contributed by atoms with Gasteiger partial charge in [-0.3, -0.25) is 0 Å². The zero-order valence-corrected chi connectivity index (χ0v) is 10.5. The third-order valence-electron chi connectivity index (χ3n) is 4.03. The Balaban J connectivity index is 2.75. The van der Waals surface area contributed by atoms with Crippen LogP contribution in [0.25, 0.3) is 5.57 Å². The minimum atomic E-state index is 1.22. The average Bonchev–Trinajstić information content (AvgIpc) is 2.20. The molecule has 1 aromatic carbocycles. The lowest BCUT2D eigenvalue weighted by atomic mass is 9.82. The second kappa shape index (κ2) is 3.52. The van der Waals surface area contributed by atoms with Gasteiger partial charge in [-0.25, -0.2) is 0 Å². The highest BCUT2D eigenvalue weighted by Gasteiger charge is 2.17. The van der Waals surface area contributed by atoms with Crippen LogP contribution in [0, 0.1) is 20.8 Å². The molecule has 0 N–H and O–H groups in total. The summed E-state index contributed by atoms with van der Waals surface area (Å²) in [5.41, 5.74) is 10.6. The molecule has 1 aliphatic carbocycles. The monoisotopic (exact) mass is 200 g/mol. The molecule has 0 fully saturated rings. The van der Waals surface area contributed by atoms with E-state index in [0.717, 1.165) is 0 Å². The average molecular weight is 200 g/mol. The van der Waals surface area contributed by atoms with E-state index in [0.29, 0.717) is 0 Å². The second-order valence-corrected chi connectivity index (χ2v) is 4.88. The van der Waals surface area contributed by atoms with Crippen molar-refractivity contribution >= 4 is 5.57 Å². The van der Waals surface area contributed by atoms with Crippen molar-refractivity contribution in [1.29, 1.82) is 0 Å². The first-order valence-corrected chi connectivity index (χ1v) is 5.78. The van der Waals surface area contributed by atoms with Crippen LogP contribution in [0.1, 0.15) is 48.1 Å². The van der Waals surface area contributed by atoms with Gasteiger partial charge in [0.05, 0.1) is 0 Å². The van der Waals surface area contributed by atoms with Crippen molar-refractivity contribution in [2.45, 2.75) is 47.5 Å². The molecule has 0 bridgehead atoms. The first kappa shape index (κ1) is 10.5. The van der Waals surface area contributed by atoms with Crippen LogP contribution in [0.5, 0.6) is 0 Å². The molecule has 0 saturated carbocycles. The zero-order chi connectivity index (χ0) is 11.2. The Kier molecular flexibility index (Phi) is 2.46. The molecule has 0 saturated heterocycles. The van der Waals surface area contributed by atoms with E-state index in [1.54, 1.807) is 11.1 Å². The first-order chi connectivity index (χ1) is 7.02. The van der Waals surface area contributed by atoms with Gasteiger partial charge in [-0.2, -0.15) is 0 Å². The summed E-state index contributed by atoms with van der Waals surface area (Å²) in [7, 11) is 0. The van der Waals surface area contributed by atoms with Crippen molar-refractivity contribution in [2.75, 3.05) is 0 Å². The summed E-state index contributed by atoms with van der Waals surface area (Å²) in [6, 6.07) is 2.38. The lowest BCUT2D eigenvalue weighted by molar-refractivity contribution is 0.907. The van der Waals surface area contributed by atoms with Crippen LogP contribution in [-0.2, 0) is 6.42 Å². The number of allylic oxidation sites excluding steroid dienone is 2. The number of hydrogen-bond donors (Lipinski definition) is 0. The van der Waals surface area contributed by atoms with E-state index in [-0.39, 0.29) is 0 Å². The molecule has 2 rings (SSSR count). The Morgan fingerprint density at radius 2 is 1.53 bits per heavy atom. The summed E-state index contributed by atoms with van der Waals surface area (Å²) >= 11 is 0. The van der Waals surface area contributed by atoms with Crippen LogP contribution in [0.15, 0.2) is 11.6 Å². The molecule has 1 aromatic rings. The van der Waals surface area contributed by atoms with E-state index >= 15 is 0 Å². The van der Waals surface area contributed by atoms with Gasteiger partial charge in [0.15, 0.2) is 0 Å². The second-order valence-electron chi connectivity index (χ2n) is 4.88. The molecular formula is C15H20. The van der Waals surface area contributed by atoms with E-state index in [1.807, 2.05) is 0 Å². The maximum absolute atomic E-state index is 2.38. The number of rotatable bonds is 0. The molecule has 0 atom stereocenters. The highest BCUT2D eigenvalue weighted by atomic mass is 14.2. The molecule has 15 heavy (non-hydrogen) atoms. The van der Waals surface area contributed by atoms with Crippen molar-refractivity contribution in [3.8, 4) is 0 Å². The smallest absolute Gasteiger partial charge is 0.0164 e. The number of hydrogen-bond acceptors (Lipinski definition) is 0. The third kappa shape index (κ3) is 1.52. The number of fused-ring (bicyclic) bond motifs is 1. The molecule has 0 aromatic heterocycles. The molecule has 0 spiro atoms. The molecule has 0 radical (unpaired) electrons. The van der Waals surface area contributed by atoms with Crippen molar-refractivity contribution in [2.24, 2.45) is 0 Å². The predicted molar refractivity (Wildman–Crippen MR) is 67.2 cm³/mol. The summed E-state index contributed by atoms with van der Waals surface area (Å²) in [5.74, 6) is 0. The molecule has 0 unspecified atom stereocenters. The largest absolute Gasteiger partial charge is 0.0695 e. The van der Waals surface area contributed by atoms with Gasteiger partial charge in [-0.15, -0.1) is 0 Å². The van der Waals surface area contributed by atoms with Gasteiger partial charge in [0, 0.05) is 0 Å². The van der Waals surface area contributed by atoms with E-state index in [2.05, 4.69) is 40.7 Å². The van der Waals surface area contributed by atoms with Crippen LogP contribution in [-0.4, -0.2) is 0 Å². The standard InChI is InChI=1S/C15H20/c1-9-6-7-14-8-10(2)11(3)13(5)15(14)12(9)4/h8H,6-7H2,1-5H3. The van der Waals surface area contributed by atoms with Crippen LogP contribution < -0.4 is 0 Å². The Morgan fingerprint density at radius 3 is 2.20 bits per heavy atom. The fourth-order valence-corrected chi connectivity index (χ4v) is 2.61. The van der Waals surface area contributed by atoms with Crippen molar-refractivity contribution < 1.29 is 0 Å². The first-order valence-electron chi connectivity index (χ1n) is 5.78. The lowest BCUT2D eigenvalue weighted by Gasteiger charge is -2.23. The molecule has 1 aliphatic rings. The van der Waals surface area contributed by atoms with Crippen molar-refractivity contribution in [3.63, 3.8) is 0 Å². The Hall–Kier alpha value is -1.04. The van der Waals surface area contributed by atoms with Crippen molar-refractivity contribution in [3.05, 3.63) is 39.5 Å². The maximum Gasteiger partial charge on any atom is -0.0164 e. The SMILES string of the molecule is CC1=C(C)c2c(cc(C)c(C)c2C)CC1. The summed E-state index contributed by atoms with van der Waals surface area (Å²) in [6.45, 7) is 11.3. The third-order valence-corrected chi connectivity index (χ3v) is 4.03. The molecule has 0 nitrogen and oxygen atoms in total. The van der Waals surface area contributed by atoms with Crippen molar-refractivity contribution in [1.82, 2.24) is 0 Å². The summed E-state index contributed by atoms with van der Waals surface area (Å²) in [4.78, 5) is 0. The molecular weight excluding hydrogens is 180 g/mol. The Morgan fingerprint density at radius 1 is 0.867 bits per heavy atom. The minimum absolute atomic E-state index is 1.22. The molecule has 0 aliphatic heterocycles. The Labute approximate surface area is 93.0 Å². The topological polar surface area (TPSA) is 0 Å². The van der Waals surface area contributed by atoms with E-state index in [4.69, 9.17) is 0 Å². The molecule has 0 heterocycles. The van der Waals surface area contributed by atoms with Gasteiger partial charge in [0.1, 0.15) is 0 Å². The fourth-order valence-electron chi connectivity index (χ4n) is 2.61. The molecule has 80 valence electrons.